The molecule has 1 aromatic carbocycles. The molecule has 1 aliphatic heterocycles. The summed E-state index contributed by atoms with van der Waals surface area (Å²) in [7, 11) is 0. The Morgan fingerprint density at radius 3 is 2.79 bits per heavy atom. The molecular formula is C12H17NO. The summed E-state index contributed by atoms with van der Waals surface area (Å²) in [5, 5.41) is 3.23. The van der Waals surface area contributed by atoms with Crippen LogP contribution in [-0.2, 0) is 6.42 Å². The van der Waals surface area contributed by atoms with Crippen LogP contribution in [0.3, 0.4) is 0 Å². The third-order valence-corrected chi connectivity index (χ3v) is 2.67. The summed E-state index contributed by atoms with van der Waals surface area (Å²) in [5.74, 6) is 0.994. The van der Waals surface area contributed by atoms with Gasteiger partial charge in [-0.2, -0.15) is 0 Å². The smallest absolute Gasteiger partial charge is 0.131 e. The van der Waals surface area contributed by atoms with Gasteiger partial charge in [0.15, 0.2) is 0 Å². The lowest BCUT2D eigenvalue weighted by Gasteiger charge is -2.39. The Bertz CT molecular complexity index is 318. The summed E-state index contributed by atoms with van der Waals surface area (Å²) >= 11 is 0. The maximum absolute atomic E-state index is 5.92. The van der Waals surface area contributed by atoms with E-state index in [1.807, 2.05) is 6.07 Å². The van der Waals surface area contributed by atoms with Gasteiger partial charge in [-0.25, -0.2) is 0 Å². The Morgan fingerprint density at radius 2 is 2.21 bits per heavy atom. The van der Waals surface area contributed by atoms with Gasteiger partial charge in [-0.15, -0.1) is 0 Å². The molecule has 2 nitrogen and oxygen atoms in total. The Balaban J connectivity index is 2.08. The van der Waals surface area contributed by atoms with Crippen LogP contribution in [0.25, 0.3) is 0 Å². The molecule has 0 saturated carbocycles. The van der Waals surface area contributed by atoms with Crippen molar-refractivity contribution in [3.8, 4) is 5.75 Å². The second kappa shape index (κ2) is 3.62. The first kappa shape index (κ1) is 9.53. The van der Waals surface area contributed by atoms with E-state index in [9.17, 15) is 0 Å². The zero-order valence-electron chi connectivity index (χ0n) is 8.84. The van der Waals surface area contributed by atoms with Gasteiger partial charge in [0.1, 0.15) is 11.4 Å². The molecule has 2 rings (SSSR count). The first-order valence-corrected chi connectivity index (χ1v) is 5.20. The van der Waals surface area contributed by atoms with Crippen molar-refractivity contribution in [2.75, 3.05) is 13.1 Å². The first-order chi connectivity index (χ1) is 6.72. The predicted octanol–water partition coefficient (Wildman–Crippen LogP) is 1.99. The Hall–Kier alpha value is -1.02. The summed E-state index contributed by atoms with van der Waals surface area (Å²) < 4.78 is 5.92. The monoisotopic (exact) mass is 191 g/mol. The van der Waals surface area contributed by atoms with Crippen molar-refractivity contribution in [2.45, 2.75) is 25.9 Å². The quantitative estimate of drug-likeness (QED) is 0.789. The van der Waals surface area contributed by atoms with Crippen LogP contribution in [0.4, 0.5) is 0 Å². The van der Waals surface area contributed by atoms with E-state index in [0.29, 0.717) is 0 Å². The zero-order chi connectivity index (χ0) is 10.0. The molecule has 1 heterocycles. The third kappa shape index (κ3) is 1.90. The number of hydrogen-bond acceptors (Lipinski definition) is 2. The fraction of sp³-hybridized carbons (Fsp3) is 0.500. The Morgan fingerprint density at radius 1 is 1.43 bits per heavy atom. The highest BCUT2D eigenvalue weighted by Gasteiger charge is 2.33. The van der Waals surface area contributed by atoms with Gasteiger partial charge in [-0.3, -0.25) is 0 Å². The minimum Gasteiger partial charge on any atom is -0.485 e. The van der Waals surface area contributed by atoms with Crippen molar-refractivity contribution < 1.29 is 4.74 Å². The first-order valence-electron chi connectivity index (χ1n) is 5.20. The van der Waals surface area contributed by atoms with Crippen molar-refractivity contribution >= 4 is 0 Å². The summed E-state index contributed by atoms with van der Waals surface area (Å²) in [6.07, 6.45) is 1.06. The second-order valence-electron chi connectivity index (χ2n) is 4.16. The van der Waals surface area contributed by atoms with Gasteiger partial charge < -0.3 is 10.1 Å². The molecule has 0 amide bonds. The molecule has 1 aliphatic rings. The van der Waals surface area contributed by atoms with E-state index in [1.165, 1.54) is 5.56 Å². The summed E-state index contributed by atoms with van der Waals surface area (Å²) in [6.45, 7) is 6.19. The Kier molecular flexibility index (Phi) is 2.46. The zero-order valence-corrected chi connectivity index (χ0v) is 8.84. The lowest BCUT2D eigenvalue weighted by molar-refractivity contribution is 0.0348. The minimum atomic E-state index is 0.00631. The number of benzene rings is 1. The summed E-state index contributed by atoms with van der Waals surface area (Å²) in [4.78, 5) is 0. The topological polar surface area (TPSA) is 21.3 Å². The van der Waals surface area contributed by atoms with Crippen molar-refractivity contribution in [3.63, 3.8) is 0 Å². The molecule has 0 radical (unpaired) electrons. The molecule has 0 unspecified atom stereocenters. The van der Waals surface area contributed by atoms with Gasteiger partial charge in [0.2, 0.25) is 0 Å². The van der Waals surface area contributed by atoms with Crippen molar-refractivity contribution in [2.24, 2.45) is 0 Å². The van der Waals surface area contributed by atoms with Gasteiger partial charge in [0.25, 0.3) is 0 Å². The Labute approximate surface area is 85.3 Å². The fourth-order valence-electron chi connectivity index (χ4n) is 1.66. The molecule has 0 aromatic heterocycles. The molecule has 14 heavy (non-hydrogen) atoms. The van der Waals surface area contributed by atoms with Gasteiger partial charge in [0.05, 0.1) is 0 Å². The van der Waals surface area contributed by atoms with Crippen molar-refractivity contribution in [1.29, 1.82) is 0 Å². The van der Waals surface area contributed by atoms with E-state index in [0.717, 1.165) is 25.3 Å². The summed E-state index contributed by atoms with van der Waals surface area (Å²) in [6, 6.07) is 8.35. The maximum atomic E-state index is 5.92. The van der Waals surface area contributed by atoms with Crippen LogP contribution >= 0.6 is 0 Å². The van der Waals surface area contributed by atoms with Crippen LogP contribution in [0.2, 0.25) is 0 Å². The summed E-state index contributed by atoms with van der Waals surface area (Å²) in [5.41, 5.74) is 1.34. The average Bonchev–Trinajstić information content (AvgIpc) is 2.16. The van der Waals surface area contributed by atoms with E-state index in [1.54, 1.807) is 0 Å². The van der Waals surface area contributed by atoms with Gasteiger partial charge in [0, 0.05) is 13.1 Å². The molecule has 0 atom stereocenters. The number of nitrogens with one attached hydrogen (secondary N) is 1. The van der Waals surface area contributed by atoms with E-state index in [4.69, 9.17) is 4.74 Å². The van der Waals surface area contributed by atoms with Crippen LogP contribution in [-0.4, -0.2) is 18.7 Å². The predicted molar refractivity (Wildman–Crippen MR) is 57.7 cm³/mol. The number of ether oxygens (including phenoxy) is 1. The highest BCUT2D eigenvalue weighted by atomic mass is 16.5. The van der Waals surface area contributed by atoms with E-state index >= 15 is 0 Å². The molecule has 1 aromatic rings. The lowest BCUT2D eigenvalue weighted by atomic mass is 10.00. The van der Waals surface area contributed by atoms with Gasteiger partial charge >= 0.3 is 0 Å². The molecule has 2 heteroatoms. The number of hydrogen-bond donors (Lipinski definition) is 1. The minimum absolute atomic E-state index is 0.00631. The van der Waals surface area contributed by atoms with Crippen LogP contribution < -0.4 is 10.1 Å². The van der Waals surface area contributed by atoms with Crippen LogP contribution in [0.1, 0.15) is 19.4 Å². The third-order valence-electron chi connectivity index (χ3n) is 2.67. The van der Waals surface area contributed by atoms with Gasteiger partial charge in [-0.05, 0) is 31.0 Å². The molecule has 1 fully saturated rings. The van der Waals surface area contributed by atoms with Crippen molar-refractivity contribution in [1.82, 2.24) is 5.32 Å². The van der Waals surface area contributed by atoms with Crippen LogP contribution in [0, 0.1) is 0 Å². The van der Waals surface area contributed by atoms with E-state index < -0.39 is 0 Å². The molecular weight excluding hydrogens is 174 g/mol. The fourth-order valence-corrected chi connectivity index (χ4v) is 1.66. The standard InChI is InChI=1S/C12H17NO/c1-3-10-5-4-6-11(7-10)14-12(2)8-13-9-12/h4-7,13H,3,8-9H2,1-2H3. The van der Waals surface area contributed by atoms with E-state index in [-0.39, 0.29) is 5.60 Å². The van der Waals surface area contributed by atoms with Gasteiger partial charge in [-0.1, -0.05) is 19.1 Å². The molecule has 0 aliphatic carbocycles. The van der Waals surface area contributed by atoms with E-state index in [2.05, 4.69) is 37.4 Å². The SMILES string of the molecule is CCc1cccc(OC2(C)CNC2)c1. The molecule has 76 valence electrons. The molecule has 0 spiro atoms. The van der Waals surface area contributed by atoms with Crippen LogP contribution in [0.5, 0.6) is 5.75 Å². The second-order valence-corrected chi connectivity index (χ2v) is 4.16. The normalized spacial score (nSPS) is 18.7. The molecule has 1 N–H and O–H groups in total. The van der Waals surface area contributed by atoms with Crippen LogP contribution in [0.15, 0.2) is 24.3 Å². The highest BCUT2D eigenvalue weighted by molar-refractivity contribution is 5.29. The molecule has 0 bridgehead atoms. The number of rotatable bonds is 3. The average molecular weight is 191 g/mol. The largest absolute Gasteiger partial charge is 0.485 e. The molecule has 1 saturated heterocycles. The van der Waals surface area contributed by atoms with Crippen molar-refractivity contribution in [3.05, 3.63) is 29.8 Å². The lowest BCUT2D eigenvalue weighted by Crippen LogP contribution is -2.61. The maximum Gasteiger partial charge on any atom is 0.131 e. The highest BCUT2D eigenvalue weighted by Crippen LogP contribution is 2.22. The number of aryl methyl sites for hydroxylation is 1.